The van der Waals surface area contributed by atoms with E-state index in [0.29, 0.717) is 6.54 Å². The zero-order chi connectivity index (χ0) is 21.3. The molecule has 0 amide bonds. The number of furan rings is 1. The van der Waals surface area contributed by atoms with Crippen molar-refractivity contribution >= 4 is 17.3 Å². The van der Waals surface area contributed by atoms with Crippen LogP contribution in [0, 0.1) is 0 Å². The maximum absolute atomic E-state index is 5.43. The van der Waals surface area contributed by atoms with Crippen LogP contribution in [0.25, 0.3) is 0 Å². The molecule has 0 fully saturated rings. The highest BCUT2D eigenvalue weighted by atomic mass is 32.1. The maximum Gasteiger partial charge on any atom is 0.191 e. The van der Waals surface area contributed by atoms with Crippen LogP contribution in [0.4, 0.5) is 0 Å². The molecule has 0 bridgehead atoms. The third-order valence-corrected chi connectivity index (χ3v) is 6.56. The lowest BCUT2D eigenvalue weighted by Crippen LogP contribution is -2.39. The van der Waals surface area contributed by atoms with Crippen LogP contribution in [0.1, 0.15) is 39.7 Å². The number of thiazole rings is 1. The van der Waals surface area contributed by atoms with Crippen LogP contribution in [0.15, 0.2) is 52.1 Å². The van der Waals surface area contributed by atoms with Crippen molar-refractivity contribution in [2.45, 2.75) is 45.1 Å². The third-order valence-electron chi connectivity index (χ3n) is 5.34. The summed E-state index contributed by atoms with van der Waals surface area (Å²) in [6, 6.07) is 11.9. The lowest BCUT2D eigenvalue weighted by atomic mass is 10.0. The molecular weight excluding hydrogens is 408 g/mol. The van der Waals surface area contributed by atoms with Gasteiger partial charge in [0.15, 0.2) is 5.96 Å². The van der Waals surface area contributed by atoms with Gasteiger partial charge in [-0.3, -0.25) is 0 Å². The summed E-state index contributed by atoms with van der Waals surface area (Å²) in [7, 11) is 1.68. The van der Waals surface area contributed by atoms with Crippen molar-refractivity contribution in [2.75, 3.05) is 20.2 Å². The van der Waals surface area contributed by atoms with Gasteiger partial charge >= 0.3 is 0 Å². The number of benzene rings is 1. The monoisotopic (exact) mass is 438 g/mol. The molecule has 2 aromatic heterocycles. The Morgan fingerprint density at radius 2 is 1.90 bits per heavy atom. The second-order valence-corrected chi connectivity index (χ2v) is 8.80. The molecule has 0 aliphatic heterocycles. The van der Waals surface area contributed by atoms with Gasteiger partial charge in [-0.2, -0.15) is 0 Å². The molecule has 0 spiro atoms. The number of guanidine groups is 1. The summed E-state index contributed by atoms with van der Waals surface area (Å²) >= 11 is 1.88. The Morgan fingerprint density at radius 1 is 1.10 bits per heavy atom. The van der Waals surface area contributed by atoms with Crippen molar-refractivity contribution in [1.82, 2.24) is 15.6 Å². The van der Waals surface area contributed by atoms with Crippen molar-refractivity contribution in [3.05, 3.63) is 69.6 Å². The van der Waals surface area contributed by atoms with E-state index in [9.17, 15) is 0 Å². The molecule has 2 N–H and O–H groups in total. The molecule has 164 valence electrons. The van der Waals surface area contributed by atoms with Crippen LogP contribution in [-0.4, -0.2) is 31.1 Å². The van der Waals surface area contributed by atoms with E-state index < -0.39 is 0 Å². The van der Waals surface area contributed by atoms with Gasteiger partial charge in [0.25, 0.3) is 0 Å². The minimum atomic E-state index is 0.603. The number of hydrogen-bond donors (Lipinski definition) is 2. The minimum Gasteiger partial charge on any atom is -0.497 e. The molecule has 3 aromatic rings. The molecular formula is C24H30N4O2S. The van der Waals surface area contributed by atoms with E-state index in [1.807, 2.05) is 47.7 Å². The van der Waals surface area contributed by atoms with Crippen LogP contribution in [-0.2, 0) is 32.2 Å². The van der Waals surface area contributed by atoms with Crippen molar-refractivity contribution < 1.29 is 9.15 Å². The quantitative estimate of drug-likeness (QED) is 0.388. The number of aromatic nitrogens is 1. The lowest BCUT2D eigenvalue weighted by molar-refractivity contribution is 0.414. The van der Waals surface area contributed by atoms with Crippen molar-refractivity contribution in [1.29, 1.82) is 0 Å². The molecule has 7 heteroatoms. The number of nitrogens with zero attached hydrogens (tertiary/aromatic N) is 2. The molecule has 0 unspecified atom stereocenters. The van der Waals surface area contributed by atoms with Crippen molar-refractivity contribution in [3.63, 3.8) is 0 Å². The van der Waals surface area contributed by atoms with E-state index in [1.165, 1.54) is 34.8 Å². The summed E-state index contributed by atoms with van der Waals surface area (Å²) in [5.74, 6) is 2.63. The largest absolute Gasteiger partial charge is 0.497 e. The topological polar surface area (TPSA) is 71.7 Å². The third kappa shape index (κ3) is 6.34. The SMILES string of the molecule is COc1ccc(CN=C(NCCc2ccco2)NCCc2nc3c(s2)CCCC3)cc1. The number of hydrogen-bond acceptors (Lipinski definition) is 5. The fourth-order valence-corrected chi connectivity index (χ4v) is 4.79. The van der Waals surface area contributed by atoms with E-state index in [0.717, 1.165) is 55.4 Å². The second kappa shape index (κ2) is 11.0. The number of aryl methyl sites for hydroxylation is 2. The molecule has 1 aromatic carbocycles. The van der Waals surface area contributed by atoms with E-state index in [4.69, 9.17) is 19.1 Å². The maximum atomic E-state index is 5.43. The number of fused-ring (bicyclic) bond motifs is 1. The van der Waals surface area contributed by atoms with Gasteiger partial charge in [-0.1, -0.05) is 12.1 Å². The van der Waals surface area contributed by atoms with Gasteiger partial charge in [0, 0.05) is 30.8 Å². The second-order valence-electron chi connectivity index (χ2n) is 7.63. The Morgan fingerprint density at radius 3 is 2.65 bits per heavy atom. The minimum absolute atomic E-state index is 0.603. The summed E-state index contributed by atoms with van der Waals surface area (Å²) in [6.07, 6.45) is 8.35. The van der Waals surface area contributed by atoms with E-state index in [1.54, 1.807) is 13.4 Å². The summed E-state index contributed by atoms with van der Waals surface area (Å²) in [5, 5.41) is 8.12. The first-order valence-electron chi connectivity index (χ1n) is 10.9. The molecule has 31 heavy (non-hydrogen) atoms. The van der Waals surface area contributed by atoms with Crippen LogP contribution in [0.5, 0.6) is 5.75 Å². The number of nitrogens with one attached hydrogen (secondary N) is 2. The van der Waals surface area contributed by atoms with Gasteiger partial charge in [0.2, 0.25) is 0 Å². The van der Waals surface area contributed by atoms with Gasteiger partial charge in [-0.25, -0.2) is 9.98 Å². The van der Waals surface area contributed by atoms with Crippen LogP contribution >= 0.6 is 11.3 Å². The number of aliphatic imine (C=N–C) groups is 1. The molecule has 1 aliphatic rings. The zero-order valence-corrected chi connectivity index (χ0v) is 18.8. The molecule has 0 radical (unpaired) electrons. The van der Waals surface area contributed by atoms with Gasteiger partial charge in [-0.05, 0) is 55.5 Å². The predicted octanol–water partition coefficient (Wildman–Crippen LogP) is 4.14. The smallest absolute Gasteiger partial charge is 0.191 e. The van der Waals surface area contributed by atoms with Crippen molar-refractivity contribution in [3.8, 4) is 5.75 Å². The standard InChI is InChI=1S/C24H30N4O2S/c1-29-19-10-8-18(9-11-19)17-27-24(25-14-12-20-5-4-16-30-20)26-15-13-23-28-21-6-2-3-7-22(21)31-23/h4-5,8-11,16H,2-3,6-7,12-15,17H2,1H3,(H2,25,26,27). The fourth-order valence-electron chi connectivity index (χ4n) is 3.63. The van der Waals surface area contributed by atoms with Gasteiger partial charge < -0.3 is 19.8 Å². The Bertz CT molecular complexity index is 941. The van der Waals surface area contributed by atoms with Gasteiger partial charge in [0.05, 0.1) is 30.6 Å². The Labute approximate surface area is 187 Å². The van der Waals surface area contributed by atoms with E-state index in [-0.39, 0.29) is 0 Å². The van der Waals surface area contributed by atoms with Crippen LogP contribution < -0.4 is 15.4 Å². The summed E-state index contributed by atoms with van der Waals surface area (Å²) in [5.41, 5.74) is 2.47. The highest BCUT2D eigenvalue weighted by Crippen LogP contribution is 2.26. The summed E-state index contributed by atoms with van der Waals surface area (Å²) in [6.45, 7) is 2.17. The highest BCUT2D eigenvalue weighted by Gasteiger charge is 2.14. The van der Waals surface area contributed by atoms with Crippen molar-refractivity contribution in [2.24, 2.45) is 4.99 Å². The first-order chi connectivity index (χ1) is 15.3. The molecule has 4 rings (SSSR count). The van der Waals surface area contributed by atoms with E-state index >= 15 is 0 Å². The molecule has 0 atom stereocenters. The first kappa shape index (κ1) is 21.4. The predicted molar refractivity (Wildman–Crippen MR) is 125 cm³/mol. The average Bonchev–Trinajstić information content (AvgIpc) is 3.47. The van der Waals surface area contributed by atoms with Gasteiger partial charge in [0.1, 0.15) is 11.5 Å². The van der Waals surface area contributed by atoms with Crippen LogP contribution in [0.3, 0.4) is 0 Å². The summed E-state index contributed by atoms with van der Waals surface area (Å²) in [4.78, 5) is 11.1. The zero-order valence-electron chi connectivity index (χ0n) is 18.0. The average molecular weight is 439 g/mol. The Hall–Kier alpha value is -2.80. The molecule has 0 saturated heterocycles. The number of ether oxygens (including phenoxy) is 1. The fraction of sp³-hybridized carbons (Fsp3) is 0.417. The molecule has 6 nitrogen and oxygen atoms in total. The van der Waals surface area contributed by atoms with Gasteiger partial charge in [-0.15, -0.1) is 11.3 Å². The lowest BCUT2D eigenvalue weighted by Gasteiger charge is -2.12. The van der Waals surface area contributed by atoms with E-state index in [2.05, 4.69) is 10.6 Å². The Kier molecular flexibility index (Phi) is 7.60. The molecule has 0 saturated carbocycles. The molecule has 1 aliphatic carbocycles. The van der Waals surface area contributed by atoms with Crippen LogP contribution in [0.2, 0.25) is 0 Å². The number of rotatable bonds is 9. The molecule has 2 heterocycles. The summed E-state index contributed by atoms with van der Waals surface area (Å²) < 4.78 is 10.7. The number of methoxy groups -OCH3 is 1. The highest BCUT2D eigenvalue weighted by molar-refractivity contribution is 7.11. The Balaban J connectivity index is 1.32. The first-order valence-corrected chi connectivity index (χ1v) is 11.8. The normalized spacial score (nSPS) is 13.6.